The van der Waals surface area contributed by atoms with E-state index >= 15 is 0 Å². The number of fused-ring (bicyclic) bond motifs is 6. The highest BCUT2D eigenvalue weighted by Crippen LogP contribution is 2.51. The Labute approximate surface area is 248 Å². The van der Waals surface area contributed by atoms with Crippen molar-refractivity contribution in [3.63, 3.8) is 0 Å². The molecule has 0 N–H and O–H groups in total. The fraction of sp³-hybridized carbons (Fsp3) is 0.176. The molecule has 7 rings (SSSR count). The van der Waals surface area contributed by atoms with E-state index in [1.54, 1.807) is 25.1 Å². The molecule has 0 aliphatic carbocycles. The number of rotatable bonds is 7. The fourth-order valence-electron chi connectivity index (χ4n) is 5.57. The maximum absolute atomic E-state index is 6.53. The van der Waals surface area contributed by atoms with Crippen molar-refractivity contribution in [3.8, 4) is 23.1 Å². The average Bonchev–Trinajstić information content (AvgIpc) is 3.47. The van der Waals surface area contributed by atoms with Gasteiger partial charge in [0, 0.05) is 16.9 Å². The van der Waals surface area contributed by atoms with E-state index in [0.717, 1.165) is 44.5 Å². The zero-order valence-electron chi connectivity index (χ0n) is 24.2. The molecule has 9 nitrogen and oxygen atoms in total. The van der Waals surface area contributed by atoms with Crippen molar-refractivity contribution in [2.24, 2.45) is 5.16 Å². The lowest BCUT2D eigenvalue weighted by molar-refractivity contribution is 0.125. The first-order valence-electron chi connectivity index (χ1n) is 13.9. The third-order valence-corrected chi connectivity index (χ3v) is 7.74. The van der Waals surface area contributed by atoms with Gasteiger partial charge in [0.2, 0.25) is 5.88 Å². The minimum Gasteiger partial charge on any atom is -0.493 e. The summed E-state index contributed by atoms with van der Waals surface area (Å²) in [4.78, 5) is 15.2. The molecule has 0 radical (unpaired) electrons. The van der Waals surface area contributed by atoms with Crippen LogP contribution in [-0.4, -0.2) is 39.5 Å². The molecule has 0 bridgehead atoms. The molecule has 1 aliphatic heterocycles. The molecule has 0 saturated carbocycles. The summed E-state index contributed by atoms with van der Waals surface area (Å²) in [6.45, 7) is 4.06. The van der Waals surface area contributed by atoms with Crippen molar-refractivity contribution in [2.45, 2.75) is 26.4 Å². The van der Waals surface area contributed by atoms with Crippen molar-refractivity contribution < 1.29 is 19.0 Å². The van der Waals surface area contributed by atoms with E-state index in [-0.39, 0.29) is 12.5 Å². The van der Waals surface area contributed by atoms with Gasteiger partial charge in [-0.05, 0) is 42.5 Å². The lowest BCUT2D eigenvalue weighted by Crippen LogP contribution is -2.15. The van der Waals surface area contributed by atoms with Crippen LogP contribution in [0.4, 0.5) is 0 Å². The average molecular weight is 572 g/mol. The first-order valence-corrected chi connectivity index (χ1v) is 13.9. The van der Waals surface area contributed by atoms with Gasteiger partial charge in [-0.25, -0.2) is 14.5 Å². The lowest BCUT2D eigenvalue weighted by Gasteiger charge is -2.29. The second-order valence-electron chi connectivity index (χ2n) is 10.4. The van der Waals surface area contributed by atoms with Gasteiger partial charge in [0.05, 0.1) is 25.5 Å². The van der Waals surface area contributed by atoms with Crippen LogP contribution in [0.1, 0.15) is 46.5 Å². The van der Waals surface area contributed by atoms with Gasteiger partial charge in [0.15, 0.2) is 29.6 Å². The van der Waals surface area contributed by atoms with Crippen LogP contribution in [-0.2, 0) is 11.4 Å². The highest BCUT2D eigenvalue weighted by Gasteiger charge is 2.34. The highest BCUT2D eigenvalue weighted by atomic mass is 16.6. The van der Waals surface area contributed by atoms with E-state index in [9.17, 15) is 0 Å². The Hall–Kier alpha value is -5.44. The number of hydrogen-bond acceptors (Lipinski definition) is 8. The minimum atomic E-state index is -0.265. The smallest absolute Gasteiger partial charge is 0.228 e. The Bertz CT molecular complexity index is 2020. The molecular weight excluding hydrogens is 542 g/mol. The Morgan fingerprint density at radius 2 is 1.77 bits per heavy atom. The molecule has 6 aromatic rings. The van der Waals surface area contributed by atoms with Crippen LogP contribution in [0.2, 0.25) is 0 Å². The SMILES string of the molecule is COc1ccc([C@@H]2c3ccc4ccccc4c3Oc3ncn4nc(CO/N=C(\C)c5ccc(C)cc5)nc4c32)cc1OC. The zero-order chi connectivity index (χ0) is 29.5. The molecule has 43 heavy (non-hydrogen) atoms. The maximum atomic E-state index is 6.53. The number of oxime groups is 1. The first-order chi connectivity index (χ1) is 21.0. The molecule has 0 fully saturated rings. The van der Waals surface area contributed by atoms with E-state index in [1.807, 2.05) is 61.5 Å². The molecule has 3 heterocycles. The van der Waals surface area contributed by atoms with Crippen LogP contribution in [0, 0.1) is 6.92 Å². The van der Waals surface area contributed by atoms with Gasteiger partial charge < -0.3 is 19.0 Å². The van der Waals surface area contributed by atoms with Gasteiger partial charge in [-0.15, -0.1) is 5.10 Å². The van der Waals surface area contributed by atoms with Crippen LogP contribution >= 0.6 is 0 Å². The normalized spacial score (nSPS) is 14.2. The number of benzene rings is 4. The molecule has 0 unspecified atom stereocenters. The second-order valence-corrected chi connectivity index (χ2v) is 10.4. The summed E-state index contributed by atoms with van der Waals surface area (Å²) in [5, 5.41) is 11.0. The van der Waals surface area contributed by atoms with Gasteiger partial charge in [-0.2, -0.15) is 0 Å². The molecule has 0 amide bonds. The molecule has 1 aliphatic rings. The second kappa shape index (κ2) is 10.8. The van der Waals surface area contributed by atoms with E-state index in [2.05, 4.69) is 46.4 Å². The summed E-state index contributed by atoms with van der Waals surface area (Å²) >= 11 is 0. The third kappa shape index (κ3) is 4.68. The summed E-state index contributed by atoms with van der Waals surface area (Å²) in [7, 11) is 3.26. The van der Waals surface area contributed by atoms with E-state index in [0.29, 0.717) is 28.9 Å². The Balaban J connectivity index is 1.32. The predicted molar refractivity (Wildman–Crippen MR) is 163 cm³/mol. The summed E-state index contributed by atoms with van der Waals surface area (Å²) in [5.41, 5.74) is 6.35. The minimum absolute atomic E-state index is 0.1000. The van der Waals surface area contributed by atoms with E-state index in [1.165, 1.54) is 5.56 Å². The summed E-state index contributed by atoms with van der Waals surface area (Å²) in [5.74, 6) is 2.74. The number of ether oxygens (including phenoxy) is 3. The van der Waals surface area contributed by atoms with Gasteiger partial charge in [0.25, 0.3) is 0 Å². The molecule has 214 valence electrons. The van der Waals surface area contributed by atoms with E-state index < -0.39 is 0 Å². The fourth-order valence-corrected chi connectivity index (χ4v) is 5.57. The van der Waals surface area contributed by atoms with Crippen LogP contribution in [0.25, 0.3) is 16.4 Å². The molecule has 0 saturated heterocycles. The van der Waals surface area contributed by atoms with Crippen molar-refractivity contribution in [3.05, 3.63) is 119 Å². The summed E-state index contributed by atoms with van der Waals surface area (Å²) in [6, 6.07) is 26.5. The largest absolute Gasteiger partial charge is 0.493 e. The van der Waals surface area contributed by atoms with Crippen molar-refractivity contribution in [1.82, 2.24) is 19.6 Å². The van der Waals surface area contributed by atoms with Crippen molar-refractivity contribution in [1.29, 1.82) is 0 Å². The predicted octanol–water partition coefficient (Wildman–Crippen LogP) is 6.83. The lowest BCUT2D eigenvalue weighted by atomic mass is 9.82. The zero-order valence-corrected chi connectivity index (χ0v) is 24.2. The topological polar surface area (TPSA) is 92.4 Å². The number of aryl methyl sites for hydroxylation is 1. The van der Waals surface area contributed by atoms with Gasteiger partial charge in [0.1, 0.15) is 12.1 Å². The molecular formula is C34H29N5O4. The standard InChI is InChI=1S/C34H29N5O4/c1-20-9-11-22(12-10-20)21(2)38-42-18-29-36-33-31-30(24-14-16-27(40-3)28(17-24)41-4)26-15-13-23-7-5-6-8-25(23)32(26)43-34(31)35-19-39(33)37-29/h5-17,19,30H,18H2,1-4H3/b38-21+/t30-/m1/s1. The maximum Gasteiger partial charge on any atom is 0.228 e. The van der Waals surface area contributed by atoms with Crippen molar-refractivity contribution >= 4 is 22.1 Å². The van der Waals surface area contributed by atoms with E-state index in [4.69, 9.17) is 24.0 Å². The number of aromatic nitrogens is 4. The summed E-state index contributed by atoms with van der Waals surface area (Å²) in [6.07, 6.45) is 1.62. The van der Waals surface area contributed by atoms with Crippen molar-refractivity contribution in [2.75, 3.05) is 14.2 Å². The molecule has 4 aromatic carbocycles. The molecule has 9 heteroatoms. The third-order valence-electron chi connectivity index (χ3n) is 7.74. The van der Waals surface area contributed by atoms with Crippen LogP contribution in [0.3, 0.4) is 0 Å². The summed E-state index contributed by atoms with van der Waals surface area (Å²) < 4.78 is 19.4. The van der Waals surface area contributed by atoms with Gasteiger partial charge >= 0.3 is 0 Å². The van der Waals surface area contributed by atoms with Gasteiger partial charge in [-0.3, -0.25) is 0 Å². The van der Waals surface area contributed by atoms with Crippen LogP contribution in [0.5, 0.6) is 23.1 Å². The first kappa shape index (κ1) is 26.5. The molecule has 2 aromatic heterocycles. The van der Waals surface area contributed by atoms with Crippen LogP contribution in [0.15, 0.2) is 90.3 Å². The monoisotopic (exact) mass is 571 g/mol. The number of nitrogens with zero attached hydrogens (tertiary/aromatic N) is 5. The molecule has 0 spiro atoms. The Kier molecular flexibility index (Phi) is 6.62. The number of hydrogen-bond donors (Lipinski definition) is 0. The quantitative estimate of drug-likeness (QED) is 0.153. The Morgan fingerprint density at radius 3 is 2.58 bits per heavy atom. The highest BCUT2D eigenvalue weighted by molar-refractivity contribution is 5.98. The number of methoxy groups -OCH3 is 2. The van der Waals surface area contributed by atoms with Gasteiger partial charge in [-0.1, -0.05) is 77.4 Å². The molecule has 1 atom stereocenters. The van der Waals surface area contributed by atoms with Crippen LogP contribution < -0.4 is 14.2 Å². The Morgan fingerprint density at radius 1 is 0.953 bits per heavy atom.